The zero-order chi connectivity index (χ0) is 10.8. The molecular formula is C10H12ClNO2S. The molecule has 0 spiro atoms. The first-order valence-corrected chi connectivity index (χ1v) is 5.99. The molecule has 2 rings (SSSR count). The third-order valence-corrected chi connectivity index (χ3v) is 3.59. The third-order valence-electron chi connectivity index (χ3n) is 2.30. The predicted octanol–water partition coefficient (Wildman–Crippen LogP) is 2.37. The number of ether oxygens (including phenoxy) is 1. The summed E-state index contributed by atoms with van der Waals surface area (Å²) >= 11 is 7.25. The van der Waals surface area contributed by atoms with Gasteiger partial charge in [0.15, 0.2) is 0 Å². The Kier molecular flexibility index (Phi) is 3.29. The van der Waals surface area contributed by atoms with Crippen LogP contribution in [0.15, 0.2) is 12.1 Å². The van der Waals surface area contributed by atoms with Crippen LogP contribution < -0.4 is 5.32 Å². The van der Waals surface area contributed by atoms with Crippen molar-refractivity contribution in [3.05, 3.63) is 21.3 Å². The molecule has 1 aliphatic rings. The van der Waals surface area contributed by atoms with Crippen LogP contribution in [0.2, 0.25) is 4.34 Å². The van der Waals surface area contributed by atoms with Gasteiger partial charge in [0, 0.05) is 10.9 Å². The van der Waals surface area contributed by atoms with Gasteiger partial charge in [0.1, 0.15) is 6.04 Å². The number of nitrogens with one attached hydrogen (secondary N) is 1. The number of esters is 1. The molecule has 0 radical (unpaired) electrons. The van der Waals surface area contributed by atoms with Crippen molar-refractivity contribution >= 4 is 28.9 Å². The predicted molar refractivity (Wildman–Crippen MR) is 60.2 cm³/mol. The molecule has 0 saturated heterocycles. The number of halogens is 1. The van der Waals surface area contributed by atoms with E-state index >= 15 is 0 Å². The molecule has 0 aromatic carbocycles. The minimum absolute atomic E-state index is 0.250. The average molecular weight is 246 g/mol. The van der Waals surface area contributed by atoms with Crippen LogP contribution >= 0.6 is 22.9 Å². The second-order valence-electron chi connectivity index (χ2n) is 3.54. The topological polar surface area (TPSA) is 38.3 Å². The third kappa shape index (κ3) is 2.71. The minimum Gasteiger partial charge on any atom is -0.468 e. The molecule has 1 fully saturated rings. The van der Waals surface area contributed by atoms with Gasteiger partial charge in [0.2, 0.25) is 0 Å². The Labute approximate surface area is 97.4 Å². The summed E-state index contributed by atoms with van der Waals surface area (Å²) in [5.41, 5.74) is 0. The maximum atomic E-state index is 11.6. The Hall–Kier alpha value is -0.580. The molecule has 1 aliphatic carbocycles. The first-order valence-electron chi connectivity index (χ1n) is 4.80. The highest BCUT2D eigenvalue weighted by Gasteiger charge is 2.30. The summed E-state index contributed by atoms with van der Waals surface area (Å²) in [7, 11) is 1.40. The molecule has 1 unspecified atom stereocenters. The molecule has 15 heavy (non-hydrogen) atoms. The van der Waals surface area contributed by atoms with E-state index in [9.17, 15) is 4.79 Å². The van der Waals surface area contributed by atoms with Gasteiger partial charge in [0.25, 0.3) is 0 Å². The maximum Gasteiger partial charge on any atom is 0.328 e. The van der Waals surface area contributed by atoms with Crippen LogP contribution in [0.3, 0.4) is 0 Å². The monoisotopic (exact) mass is 245 g/mol. The molecule has 1 aromatic rings. The molecule has 1 aromatic heterocycles. The molecule has 0 amide bonds. The Balaban J connectivity index is 2.12. The molecular weight excluding hydrogens is 234 g/mol. The van der Waals surface area contributed by atoms with E-state index in [4.69, 9.17) is 16.3 Å². The van der Waals surface area contributed by atoms with E-state index in [0.717, 1.165) is 17.7 Å². The Bertz CT molecular complexity index is 362. The molecule has 5 heteroatoms. The van der Waals surface area contributed by atoms with Crippen LogP contribution in [0.1, 0.15) is 23.8 Å². The van der Waals surface area contributed by atoms with Crippen LogP contribution in [0, 0.1) is 0 Å². The highest BCUT2D eigenvalue weighted by atomic mass is 35.5. The highest BCUT2D eigenvalue weighted by Crippen LogP contribution is 2.30. The van der Waals surface area contributed by atoms with Gasteiger partial charge in [-0.05, 0) is 25.0 Å². The van der Waals surface area contributed by atoms with Gasteiger partial charge in [-0.15, -0.1) is 11.3 Å². The molecule has 0 bridgehead atoms. The van der Waals surface area contributed by atoms with E-state index in [1.54, 1.807) is 6.07 Å². The maximum absolute atomic E-state index is 11.6. The zero-order valence-corrected chi connectivity index (χ0v) is 9.90. The number of methoxy groups -OCH3 is 1. The van der Waals surface area contributed by atoms with Crippen molar-refractivity contribution < 1.29 is 9.53 Å². The van der Waals surface area contributed by atoms with Crippen molar-refractivity contribution in [1.29, 1.82) is 0 Å². The first kappa shape index (κ1) is 10.9. The number of rotatable bonds is 4. The van der Waals surface area contributed by atoms with Gasteiger partial charge in [-0.2, -0.15) is 0 Å². The number of thiophene rings is 1. The summed E-state index contributed by atoms with van der Waals surface area (Å²) in [6.07, 6.45) is 2.26. The lowest BCUT2D eigenvalue weighted by atomic mass is 10.2. The molecule has 1 atom stereocenters. The van der Waals surface area contributed by atoms with Crippen molar-refractivity contribution in [2.75, 3.05) is 7.11 Å². The van der Waals surface area contributed by atoms with Crippen LogP contribution in [-0.2, 0) is 9.53 Å². The van der Waals surface area contributed by atoms with Crippen molar-refractivity contribution in [3.63, 3.8) is 0 Å². The molecule has 1 N–H and O–H groups in total. The summed E-state index contributed by atoms with van der Waals surface area (Å²) in [5.74, 6) is -0.250. The van der Waals surface area contributed by atoms with E-state index in [1.807, 2.05) is 6.07 Å². The second-order valence-corrected chi connectivity index (χ2v) is 5.29. The standard InChI is InChI=1S/C10H12ClNO2S/c1-14-10(13)9(12-6-2-3-6)7-4-5-8(11)15-7/h4-6,9,12H,2-3H2,1H3. The van der Waals surface area contributed by atoms with Crippen molar-refractivity contribution in [2.45, 2.75) is 24.9 Å². The van der Waals surface area contributed by atoms with E-state index < -0.39 is 0 Å². The zero-order valence-electron chi connectivity index (χ0n) is 8.33. The fourth-order valence-corrected chi connectivity index (χ4v) is 2.46. The summed E-state index contributed by atoms with van der Waals surface area (Å²) in [5, 5.41) is 3.25. The highest BCUT2D eigenvalue weighted by molar-refractivity contribution is 7.16. The summed E-state index contributed by atoms with van der Waals surface area (Å²) in [6, 6.07) is 3.76. The lowest BCUT2D eigenvalue weighted by molar-refractivity contribution is -0.143. The Morgan fingerprint density at radius 1 is 1.67 bits per heavy atom. The number of hydrogen-bond acceptors (Lipinski definition) is 4. The van der Waals surface area contributed by atoms with Crippen LogP contribution in [0.4, 0.5) is 0 Å². The Morgan fingerprint density at radius 2 is 2.40 bits per heavy atom. The van der Waals surface area contributed by atoms with Crippen molar-refractivity contribution in [2.24, 2.45) is 0 Å². The van der Waals surface area contributed by atoms with Gasteiger partial charge in [-0.25, -0.2) is 4.79 Å². The smallest absolute Gasteiger partial charge is 0.328 e. The second kappa shape index (κ2) is 4.51. The fraction of sp³-hybridized carbons (Fsp3) is 0.500. The average Bonchev–Trinajstić information content (AvgIpc) is 2.96. The molecule has 3 nitrogen and oxygen atoms in total. The number of carbonyl (C=O) groups excluding carboxylic acids is 1. The van der Waals surface area contributed by atoms with E-state index in [2.05, 4.69) is 5.32 Å². The minimum atomic E-state index is -0.361. The largest absolute Gasteiger partial charge is 0.468 e. The van der Waals surface area contributed by atoms with Gasteiger partial charge >= 0.3 is 5.97 Å². The van der Waals surface area contributed by atoms with Gasteiger partial charge in [-0.3, -0.25) is 5.32 Å². The SMILES string of the molecule is COC(=O)C(NC1CC1)c1ccc(Cl)s1. The Morgan fingerprint density at radius 3 is 2.87 bits per heavy atom. The fourth-order valence-electron chi connectivity index (χ4n) is 1.35. The van der Waals surface area contributed by atoms with E-state index in [0.29, 0.717) is 10.4 Å². The van der Waals surface area contributed by atoms with Gasteiger partial charge in [0.05, 0.1) is 11.4 Å². The molecule has 1 heterocycles. The van der Waals surface area contributed by atoms with Gasteiger partial charge in [-0.1, -0.05) is 11.6 Å². The first-order chi connectivity index (χ1) is 7.20. The molecule has 0 aliphatic heterocycles. The quantitative estimate of drug-likeness (QED) is 0.828. The number of hydrogen-bond donors (Lipinski definition) is 1. The van der Waals surface area contributed by atoms with E-state index in [1.165, 1.54) is 18.4 Å². The summed E-state index contributed by atoms with van der Waals surface area (Å²) in [6.45, 7) is 0. The van der Waals surface area contributed by atoms with Crippen LogP contribution in [0.25, 0.3) is 0 Å². The van der Waals surface area contributed by atoms with Crippen LogP contribution in [-0.4, -0.2) is 19.1 Å². The molecule has 82 valence electrons. The normalized spacial score (nSPS) is 17.5. The van der Waals surface area contributed by atoms with Gasteiger partial charge < -0.3 is 4.74 Å². The van der Waals surface area contributed by atoms with E-state index in [-0.39, 0.29) is 12.0 Å². The lowest BCUT2D eigenvalue weighted by Gasteiger charge is -2.14. The molecule has 1 saturated carbocycles. The van der Waals surface area contributed by atoms with Crippen LogP contribution in [0.5, 0.6) is 0 Å². The number of carbonyl (C=O) groups is 1. The lowest BCUT2D eigenvalue weighted by Crippen LogP contribution is -2.30. The summed E-state index contributed by atoms with van der Waals surface area (Å²) in [4.78, 5) is 12.5. The van der Waals surface area contributed by atoms with Crippen molar-refractivity contribution in [3.8, 4) is 0 Å². The summed E-state index contributed by atoms with van der Waals surface area (Å²) < 4.78 is 5.46. The van der Waals surface area contributed by atoms with Crippen molar-refractivity contribution in [1.82, 2.24) is 5.32 Å².